The number of pyridine rings is 1. The minimum atomic E-state index is 0.0597. The molecular formula is C18H27N3O2S. The Morgan fingerprint density at radius 1 is 1.29 bits per heavy atom. The molecule has 1 aromatic rings. The number of aromatic nitrogens is 1. The summed E-state index contributed by atoms with van der Waals surface area (Å²) in [6, 6.07) is 3.90. The topological polar surface area (TPSA) is 45.7 Å². The number of thioether (sulfide) groups is 1. The second-order valence-electron chi connectivity index (χ2n) is 6.50. The normalized spacial score (nSPS) is 22.9. The van der Waals surface area contributed by atoms with Gasteiger partial charge < -0.3 is 14.5 Å². The maximum absolute atomic E-state index is 13.2. The van der Waals surface area contributed by atoms with Crippen LogP contribution in [-0.4, -0.2) is 71.5 Å². The molecule has 2 aliphatic heterocycles. The zero-order valence-corrected chi connectivity index (χ0v) is 15.3. The summed E-state index contributed by atoms with van der Waals surface area (Å²) >= 11 is 1.97. The zero-order chi connectivity index (χ0) is 16.8. The second-order valence-corrected chi connectivity index (χ2v) is 7.65. The fraction of sp³-hybridized carbons (Fsp3) is 0.667. The summed E-state index contributed by atoms with van der Waals surface area (Å²) in [4.78, 5) is 21.9. The van der Waals surface area contributed by atoms with E-state index in [1.807, 2.05) is 23.9 Å². The Balaban J connectivity index is 1.77. The van der Waals surface area contributed by atoms with Crippen LogP contribution in [0.5, 0.6) is 5.88 Å². The van der Waals surface area contributed by atoms with Crippen molar-refractivity contribution in [3.63, 3.8) is 0 Å². The van der Waals surface area contributed by atoms with Gasteiger partial charge in [0.05, 0.1) is 13.2 Å². The molecule has 5 nitrogen and oxygen atoms in total. The molecule has 0 bridgehead atoms. The Labute approximate surface area is 148 Å². The fourth-order valence-electron chi connectivity index (χ4n) is 3.56. The highest BCUT2D eigenvalue weighted by atomic mass is 32.2. The summed E-state index contributed by atoms with van der Waals surface area (Å²) in [5, 5.41) is 0. The zero-order valence-electron chi connectivity index (χ0n) is 14.4. The Morgan fingerprint density at radius 2 is 2.12 bits per heavy atom. The van der Waals surface area contributed by atoms with Gasteiger partial charge in [0.15, 0.2) is 0 Å². The molecule has 0 saturated carbocycles. The van der Waals surface area contributed by atoms with Crippen molar-refractivity contribution in [2.45, 2.75) is 31.7 Å². The van der Waals surface area contributed by atoms with Crippen molar-refractivity contribution in [1.82, 2.24) is 14.8 Å². The number of rotatable bonds is 4. The highest BCUT2D eigenvalue weighted by molar-refractivity contribution is 7.99. The lowest BCUT2D eigenvalue weighted by atomic mass is 10.1. The van der Waals surface area contributed by atoms with Crippen LogP contribution in [0.2, 0.25) is 0 Å². The van der Waals surface area contributed by atoms with Crippen molar-refractivity contribution in [1.29, 1.82) is 0 Å². The summed E-state index contributed by atoms with van der Waals surface area (Å²) in [6.07, 6.45) is 6.62. The number of ether oxygens (including phenoxy) is 1. The van der Waals surface area contributed by atoms with Gasteiger partial charge in [-0.1, -0.05) is 6.42 Å². The molecule has 2 aliphatic rings. The average Bonchev–Trinajstić information content (AvgIpc) is 2.87. The summed E-state index contributed by atoms with van der Waals surface area (Å²) in [5.74, 6) is 2.63. The number of carbonyl (C=O) groups excluding carboxylic acids is 1. The Bertz CT molecular complexity index is 549. The number of methoxy groups -OCH3 is 1. The Kier molecular flexibility index (Phi) is 6.37. The van der Waals surface area contributed by atoms with Crippen LogP contribution in [-0.2, 0) is 0 Å². The van der Waals surface area contributed by atoms with Crippen LogP contribution < -0.4 is 4.74 Å². The molecule has 2 fully saturated rings. The highest BCUT2D eigenvalue weighted by Gasteiger charge is 2.30. The van der Waals surface area contributed by atoms with Gasteiger partial charge in [0.1, 0.15) is 5.56 Å². The molecule has 0 aromatic carbocycles. The maximum atomic E-state index is 13.2. The third-order valence-electron chi connectivity index (χ3n) is 4.81. The lowest BCUT2D eigenvalue weighted by molar-refractivity contribution is 0.0641. The standard InChI is InChI=1S/C18H27N3O2S/c1-23-17-16(7-5-8-19-17)18(22)21-11-6-12-24-14-15(21)13-20-9-3-2-4-10-20/h5,7-8,15H,2-4,6,9-14H2,1H3. The lowest BCUT2D eigenvalue weighted by Gasteiger charge is -2.35. The van der Waals surface area contributed by atoms with E-state index in [1.54, 1.807) is 13.3 Å². The molecule has 1 atom stereocenters. The van der Waals surface area contributed by atoms with Crippen molar-refractivity contribution in [3.05, 3.63) is 23.9 Å². The van der Waals surface area contributed by atoms with E-state index in [0.717, 1.165) is 31.0 Å². The van der Waals surface area contributed by atoms with Crippen molar-refractivity contribution < 1.29 is 9.53 Å². The molecule has 6 heteroatoms. The quantitative estimate of drug-likeness (QED) is 0.836. The number of hydrogen-bond donors (Lipinski definition) is 0. The van der Waals surface area contributed by atoms with Crippen LogP contribution in [0.1, 0.15) is 36.0 Å². The summed E-state index contributed by atoms with van der Waals surface area (Å²) < 4.78 is 5.30. The maximum Gasteiger partial charge on any atom is 0.259 e. The van der Waals surface area contributed by atoms with E-state index in [1.165, 1.54) is 32.4 Å². The van der Waals surface area contributed by atoms with E-state index in [4.69, 9.17) is 4.74 Å². The van der Waals surface area contributed by atoms with Crippen LogP contribution in [0.25, 0.3) is 0 Å². The minimum Gasteiger partial charge on any atom is -0.480 e. The van der Waals surface area contributed by atoms with Gasteiger partial charge in [0.2, 0.25) is 5.88 Å². The van der Waals surface area contributed by atoms with Crippen LogP contribution in [0.15, 0.2) is 18.3 Å². The molecule has 0 N–H and O–H groups in total. The molecule has 3 rings (SSSR count). The number of likely N-dealkylation sites (tertiary alicyclic amines) is 1. The molecule has 1 amide bonds. The van der Waals surface area contributed by atoms with Crippen LogP contribution >= 0.6 is 11.8 Å². The largest absolute Gasteiger partial charge is 0.480 e. The number of hydrogen-bond acceptors (Lipinski definition) is 5. The van der Waals surface area contributed by atoms with Gasteiger partial charge in [-0.25, -0.2) is 4.98 Å². The predicted octanol–water partition coefficient (Wildman–Crippen LogP) is 2.52. The molecule has 1 unspecified atom stereocenters. The van der Waals surface area contributed by atoms with Gasteiger partial charge in [-0.15, -0.1) is 0 Å². The molecular weight excluding hydrogens is 322 g/mol. The van der Waals surface area contributed by atoms with Gasteiger partial charge in [0, 0.05) is 25.0 Å². The van der Waals surface area contributed by atoms with Crippen LogP contribution in [0, 0.1) is 0 Å². The third kappa shape index (κ3) is 4.22. The van der Waals surface area contributed by atoms with E-state index >= 15 is 0 Å². The van der Waals surface area contributed by atoms with E-state index in [2.05, 4.69) is 14.8 Å². The van der Waals surface area contributed by atoms with E-state index in [-0.39, 0.29) is 11.9 Å². The van der Waals surface area contributed by atoms with Gasteiger partial charge in [0.25, 0.3) is 5.91 Å². The molecule has 0 radical (unpaired) electrons. The Hall–Kier alpha value is -1.27. The number of amides is 1. The van der Waals surface area contributed by atoms with Gasteiger partial charge in [-0.05, 0) is 50.2 Å². The molecule has 2 saturated heterocycles. The molecule has 132 valence electrons. The molecule has 3 heterocycles. The van der Waals surface area contributed by atoms with E-state index in [0.29, 0.717) is 11.4 Å². The van der Waals surface area contributed by atoms with Gasteiger partial charge in [-0.3, -0.25) is 4.79 Å². The Morgan fingerprint density at radius 3 is 2.92 bits per heavy atom. The predicted molar refractivity (Wildman–Crippen MR) is 97.8 cm³/mol. The monoisotopic (exact) mass is 349 g/mol. The number of piperidine rings is 1. The van der Waals surface area contributed by atoms with Gasteiger partial charge in [-0.2, -0.15) is 11.8 Å². The van der Waals surface area contributed by atoms with Crippen molar-refractivity contribution in [2.24, 2.45) is 0 Å². The number of nitrogens with zero attached hydrogens (tertiary/aromatic N) is 3. The van der Waals surface area contributed by atoms with Crippen LogP contribution in [0.4, 0.5) is 0 Å². The summed E-state index contributed by atoms with van der Waals surface area (Å²) in [7, 11) is 1.57. The smallest absolute Gasteiger partial charge is 0.259 e. The average molecular weight is 350 g/mol. The van der Waals surface area contributed by atoms with E-state index in [9.17, 15) is 4.79 Å². The first kappa shape index (κ1) is 17.5. The fourth-order valence-corrected chi connectivity index (χ4v) is 4.62. The molecule has 0 aliphatic carbocycles. The SMILES string of the molecule is COc1ncccc1C(=O)N1CCCSCC1CN1CCCCC1. The van der Waals surface area contributed by atoms with Crippen molar-refractivity contribution in [3.8, 4) is 5.88 Å². The van der Waals surface area contributed by atoms with Crippen molar-refractivity contribution >= 4 is 17.7 Å². The first-order valence-corrected chi connectivity index (χ1v) is 10.0. The van der Waals surface area contributed by atoms with Crippen molar-refractivity contribution in [2.75, 3.05) is 44.8 Å². The first-order chi connectivity index (χ1) is 11.8. The summed E-state index contributed by atoms with van der Waals surface area (Å²) in [6.45, 7) is 4.14. The van der Waals surface area contributed by atoms with Gasteiger partial charge >= 0.3 is 0 Å². The second kappa shape index (κ2) is 8.72. The minimum absolute atomic E-state index is 0.0597. The van der Waals surface area contributed by atoms with Crippen LogP contribution in [0.3, 0.4) is 0 Å². The molecule has 24 heavy (non-hydrogen) atoms. The first-order valence-electron chi connectivity index (χ1n) is 8.89. The highest BCUT2D eigenvalue weighted by Crippen LogP contribution is 2.23. The summed E-state index contributed by atoms with van der Waals surface area (Å²) in [5.41, 5.74) is 0.579. The third-order valence-corrected chi connectivity index (χ3v) is 6.01. The number of carbonyl (C=O) groups is 1. The molecule has 1 aromatic heterocycles. The molecule has 0 spiro atoms. The van der Waals surface area contributed by atoms with E-state index < -0.39 is 0 Å². The lowest BCUT2D eigenvalue weighted by Crippen LogP contribution is -2.49.